The fourth-order valence-electron chi connectivity index (χ4n) is 2.66. The number of anilines is 2. The normalized spacial score (nSPS) is 14.3. The van der Waals surface area contributed by atoms with Crippen LogP contribution >= 0.6 is 0 Å². The second-order valence-electron chi connectivity index (χ2n) is 5.55. The second-order valence-corrected chi connectivity index (χ2v) is 5.55. The third-order valence-electron chi connectivity index (χ3n) is 3.85. The third kappa shape index (κ3) is 4.23. The SMILES string of the molecule is O=C(NCc1cccc(F)c1)Nc1ccccc1N1CCOCC1. The third-order valence-corrected chi connectivity index (χ3v) is 3.85. The Labute approximate surface area is 140 Å². The van der Waals surface area contributed by atoms with E-state index in [-0.39, 0.29) is 18.4 Å². The number of carbonyl (C=O) groups is 1. The first-order valence-corrected chi connectivity index (χ1v) is 7.93. The highest BCUT2D eigenvalue weighted by molar-refractivity contribution is 5.93. The molecule has 126 valence electrons. The van der Waals surface area contributed by atoms with E-state index in [1.54, 1.807) is 12.1 Å². The fraction of sp³-hybridized carbons (Fsp3) is 0.278. The number of rotatable bonds is 4. The number of halogens is 1. The van der Waals surface area contributed by atoms with Crippen molar-refractivity contribution in [1.82, 2.24) is 5.32 Å². The molecular weight excluding hydrogens is 309 g/mol. The van der Waals surface area contributed by atoms with Crippen molar-refractivity contribution in [1.29, 1.82) is 0 Å². The van der Waals surface area contributed by atoms with Crippen LogP contribution in [0.25, 0.3) is 0 Å². The first-order chi connectivity index (χ1) is 11.7. The lowest BCUT2D eigenvalue weighted by atomic mass is 10.2. The van der Waals surface area contributed by atoms with E-state index in [1.807, 2.05) is 24.3 Å². The van der Waals surface area contributed by atoms with E-state index in [0.29, 0.717) is 18.8 Å². The predicted molar refractivity (Wildman–Crippen MR) is 91.7 cm³/mol. The van der Waals surface area contributed by atoms with Gasteiger partial charge in [-0.2, -0.15) is 0 Å². The van der Waals surface area contributed by atoms with Crippen LogP contribution in [-0.4, -0.2) is 32.3 Å². The Balaban J connectivity index is 1.62. The van der Waals surface area contributed by atoms with Gasteiger partial charge in [0.25, 0.3) is 0 Å². The molecule has 2 aromatic carbocycles. The number of para-hydroxylation sites is 2. The highest BCUT2D eigenvalue weighted by Gasteiger charge is 2.15. The van der Waals surface area contributed by atoms with Crippen molar-refractivity contribution in [2.75, 3.05) is 36.5 Å². The lowest BCUT2D eigenvalue weighted by Crippen LogP contribution is -2.37. The molecule has 2 aromatic rings. The maximum absolute atomic E-state index is 13.2. The van der Waals surface area contributed by atoms with Crippen LogP contribution in [0.1, 0.15) is 5.56 Å². The Kier molecular flexibility index (Phi) is 5.28. The van der Waals surface area contributed by atoms with Gasteiger partial charge in [0.15, 0.2) is 0 Å². The molecule has 2 N–H and O–H groups in total. The van der Waals surface area contributed by atoms with Crippen molar-refractivity contribution in [3.63, 3.8) is 0 Å². The zero-order chi connectivity index (χ0) is 16.8. The summed E-state index contributed by atoms with van der Waals surface area (Å²) >= 11 is 0. The van der Waals surface area contributed by atoms with Crippen LogP contribution < -0.4 is 15.5 Å². The molecule has 2 amide bonds. The molecular formula is C18H20FN3O2. The van der Waals surface area contributed by atoms with E-state index < -0.39 is 0 Å². The summed E-state index contributed by atoms with van der Waals surface area (Å²) in [7, 11) is 0. The molecule has 0 aromatic heterocycles. The fourth-order valence-corrected chi connectivity index (χ4v) is 2.66. The number of hydrogen-bond donors (Lipinski definition) is 2. The molecule has 3 rings (SSSR count). The van der Waals surface area contributed by atoms with Gasteiger partial charge in [-0.05, 0) is 29.8 Å². The Morgan fingerprint density at radius 1 is 1.12 bits per heavy atom. The number of benzene rings is 2. The highest BCUT2D eigenvalue weighted by atomic mass is 19.1. The number of morpholine rings is 1. The topological polar surface area (TPSA) is 53.6 Å². The van der Waals surface area contributed by atoms with Crippen molar-refractivity contribution in [2.24, 2.45) is 0 Å². The number of nitrogens with zero attached hydrogens (tertiary/aromatic N) is 1. The molecule has 0 spiro atoms. The molecule has 0 aliphatic carbocycles. The highest BCUT2D eigenvalue weighted by Crippen LogP contribution is 2.26. The Hall–Kier alpha value is -2.60. The minimum Gasteiger partial charge on any atom is -0.378 e. The molecule has 6 heteroatoms. The predicted octanol–water partition coefficient (Wildman–Crippen LogP) is 2.98. The largest absolute Gasteiger partial charge is 0.378 e. The maximum Gasteiger partial charge on any atom is 0.319 e. The minimum absolute atomic E-state index is 0.267. The van der Waals surface area contributed by atoms with Crippen LogP contribution in [0.3, 0.4) is 0 Å². The van der Waals surface area contributed by atoms with Gasteiger partial charge < -0.3 is 20.3 Å². The van der Waals surface area contributed by atoms with Gasteiger partial charge >= 0.3 is 6.03 Å². The smallest absolute Gasteiger partial charge is 0.319 e. The first kappa shape index (κ1) is 16.3. The molecule has 0 atom stereocenters. The number of amides is 2. The van der Waals surface area contributed by atoms with Gasteiger partial charge in [-0.15, -0.1) is 0 Å². The lowest BCUT2D eigenvalue weighted by molar-refractivity contribution is 0.123. The van der Waals surface area contributed by atoms with E-state index in [2.05, 4.69) is 15.5 Å². The quantitative estimate of drug-likeness (QED) is 0.907. The van der Waals surface area contributed by atoms with Crippen LogP contribution in [-0.2, 0) is 11.3 Å². The molecule has 0 saturated carbocycles. The van der Waals surface area contributed by atoms with Crippen LogP contribution in [0, 0.1) is 5.82 Å². The van der Waals surface area contributed by atoms with Gasteiger partial charge in [0, 0.05) is 19.6 Å². The molecule has 1 aliphatic rings. The number of hydrogen-bond acceptors (Lipinski definition) is 3. The number of nitrogens with one attached hydrogen (secondary N) is 2. The van der Waals surface area contributed by atoms with Gasteiger partial charge in [0.2, 0.25) is 0 Å². The van der Waals surface area contributed by atoms with Gasteiger partial charge in [0.05, 0.1) is 24.6 Å². The zero-order valence-electron chi connectivity index (χ0n) is 13.3. The summed E-state index contributed by atoms with van der Waals surface area (Å²) in [5.41, 5.74) is 2.43. The van der Waals surface area contributed by atoms with Gasteiger partial charge in [-0.25, -0.2) is 9.18 Å². The van der Waals surface area contributed by atoms with Crippen LogP contribution in [0.4, 0.5) is 20.6 Å². The van der Waals surface area contributed by atoms with Crippen molar-refractivity contribution in [3.05, 3.63) is 59.9 Å². The average molecular weight is 329 g/mol. The van der Waals surface area contributed by atoms with Gasteiger partial charge in [0.1, 0.15) is 5.82 Å². The molecule has 1 aliphatic heterocycles. The van der Waals surface area contributed by atoms with E-state index in [9.17, 15) is 9.18 Å². The molecule has 0 radical (unpaired) electrons. The standard InChI is InChI=1S/C18H20FN3O2/c19-15-5-3-4-14(12-15)13-20-18(23)21-16-6-1-2-7-17(16)22-8-10-24-11-9-22/h1-7,12H,8-11,13H2,(H2,20,21,23). The second kappa shape index (κ2) is 7.79. The Morgan fingerprint density at radius 3 is 2.71 bits per heavy atom. The summed E-state index contributed by atoms with van der Waals surface area (Å²) in [5.74, 6) is -0.313. The van der Waals surface area contributed by atoms with E-state index in [4.69, 9.17) is 4.74 Å². The molecule has 24 heavy (non-hydrogen) atoms. The molecule has 1 fully saturated rings. The molecule has 0 unspecified atom stereocenters. The van der Waals surface area contributed by atoms with Crippen molar-refractivity contribution in [3.8, 4) is 0 Å². The first-order valence-electron chi connectivity index (χ1n) is 7.93. The summed E-state index contributed by atoms with van der Waals surface area (Å²) in [6.45, 7) is 3.22. The Morgan fingerprint density at radius 2 is 1.92 bits per heavy atom. The lowest BCUT2D eigenvalue weighted by Gasteiger charge is -2.30. The monoisotopic (exact) mass is 329 g/mol. The van der Waals surface area contributed by atoms with Crippen LogP contribution in [0.15, 0.2) is 48.5 Å². The van der Waals surface area contributed by atoms with E-state index >= 15 is 0 Å². The molecule has 0 bridgehead atoms. The minimum atomic E-state index is -0.319. The summed E-state index contributed by atoms with van der Waals surface area (Å²) < 4.78 is 18.5. The van der Waals surface area contributed by atoms with Crippen LogP contribution in [0.2, 0.25) is 0 Å². The molecule has 1 heterocycles. The zero-order valence-corrected chi connectivity index (χ0v) is 13.3. The van der Waals surface area contributed by atoms with E-state index in [1.165, 1.54) is 12.1 Å². The average Bonchev–Trinajstić information content (AvgIpc) is 2.61. The van der Waals surface area contributed by atoms with E-state index in [0.717, 1.165) is 24.5 Å². The summed E-state index contributed by atoms with van der Waals surface area (Å²) in [4.78, 5) is 14.3. The summed E-state index contributed by atoms with van der Waals surface area (Å²) in [5, 5.41) is 5.61. The van der Waals surface area contributed by atoms with Crippen molar-refractivity contribution < 1.29 is 13.9 Å². The van der Waals surface area contributed by atoms with Crippen molar-refractivity contribution in [2.45, 2.75) is 6.54 Å². The van der Waals surface area contributed by atoms with Crippen LogP contribution in [0.5, 0.6) is 0 Å². The molecule has 1 saturated heterocycles. The van der Waals surface area contributed by atoms with Gasteiger partial charge in [-0.3, -0.25) is 0 Å². The summed E-state index contributed by atoms with van der Waals surface area (Å²) in [6.07, 6.45) is 0. The number of carbonyl (C=O) groups excluding carboxylic acids is 1. The molecule has 5 nitrogen and oxygen atoms in total. The van der Waals surface area contributed by atoms with Gasteiger partial charge in [-0.1, -0.05) is 24.3 Å². The van der Waals surface area contributed by atoms with Crippen molar-refractivity contribution >= 4 is 17.4 Å². The summed E-state index contributed by atoms with van der Waals surface area (Å²) in [6, 6.07) is 13.5. The number of urea groups is 1. The Bertz CT molecular complexity index is 702. The maximum atomic E-state index is 13.2. The number of ether oxygens (including phenoxy) is 1.